The van der Waals surface area contributed by atoms with Crippen LogP contribution in [-0.4, -0.2) is 36.7 Å². The Bertz CT molecular complexity index is 318. The minimum atomic E-state index is -0.616. The predicted octanol–water partition coefficient (Wildman–Crippen LogP) is 1.88. The van der Waals surface area contributed by atoms with Crippen LogP contribution in [0.15, 0.2) is 0 Å². The van der Waals surface area contributed by atoms with Gasteiger partial charge in [0.05, 0.1) is 6.61 Å². The standard InChI is InChI=1S/C15H29NO4/c1-14(2,3)15(4,5)8-6-7-9-20-13(19)10-16-12(18)11-17/h17H,6-11H2,1-5H3,(H,16,18). The van der Waals surface area contributed by atoms with Gasteiger partial charge in [-0.25, -0.2) is 0 Å². The number of aliphatic hydroxyl groups is 1. The molecule has 0 radical (unpaired) electrons. The Balaban J connectivity index is 3.72. The zero-order valence-corrected chi connectivity index (χ0v) is 13.4. The Hall–Kier alpha value is -1.10. The highest BCUT2D eigenvalue weighted by Gasteiger charge is 2.31. The molecule has 0 heterocycles. The van der Waals surface area contributed by atoms with E-state index in [0.717, 1.165) is 19.3 Å². The van der Waals surface area contributed by atoms with Crippen LogP contribution < -0.4 is 5.32 Å². The molecular formula is C15H29NO4. The van der Waals surface area contributed by atoms with Crippen molar-refractivity contribution in [3.8, 4) is 0 Å². The average molecular weight is 287 g/mol. The fourth-order valence-corrected chi connectivity index (χ4v) is 1.51. The molecule has 0 saturated heterocycles. The van der Waals surface area contributed by atoms with Crippen molar-refractivity contribution in [1.29, 1.82) is 0 Å². The molecule has 0 aromatic heterocycles. The highest BCUT2D eigenvalue weighted by molar-refractivity contribution is 5.82. The fourth-order valence-electron chi connectivity index (χ4n) is 1.51. The molecule has 0 aromatic rings. The van der Waals surface area contributed by atoms with E-state index in [1.165, 1.54) is 0 Å². The Morgan fingerprint density at radius 1 is 1.10 bits per heavy atom. The van der Waals surface area contributed by atoms with Crippen molar-refractivity contribution in [2.24, 2.45) is 10.8 Å². The Morgan fingerprint density at radius 3 is 2.20 bits per heavy atom. The van der Waals surface area contributed by atoms with E-state index in [2.05, 4.69) is 39.9 Å². The van der Waals surface area contributed by atoms with Gasteiger partial charge >= 0.3 is 5.97 Å². The summed E-state index contributed by atoms with van der Waals surface area (Å²) in [5.41, 5.74) is 0.490. The molecule has 2 N–H and O–H groups in total. The van der Waals surface area contributed by atoms with E-state index in [-0.39, 0.29) is 17.4 Å². The van der Waals surface area contributed by atoms with Crippen molar-refractivity contribution in [2.45, 2.75) is 53.9 Å². The molecule has 0 fully saturated rings. The van der Waals surface area contributed by atoms with Crippen LogP contribution in [0.1, 0.15) is 53.9 Å². The van der Waals surface area contributed by atoms with E-state index in [0.29, 0.717) is 6.61 Å². The topological polar surface area (TPSA) is 75.6 Å². The van der Waals surface area contributed by atoms with Crippen molar-refractivity contribution < 1.29 is 19.4 Å². The summed E-state index contributed by atoms with van der Waals surface area (Å²) >= 11 is 0. The van der Waals surface area contributed by atoms with Gasteiger partial charge in [0.25, 0.3) is 0 Å². The van der Waals surface area contributed by atoms with E-state index in [1.54, 1.807) is 0 Å². The molecule has 1 amide bonds. The molecule has 5 nitrogen and oxygen atoms in total. The van der Waals surface area contributed by atoms with Gasteiger partial charge < -0.3 is 15.2 Å². The van der Waals surface area contributed by atoms with E-state index in [1.807, 2.05) is 0 Å². The van der Waals surface area contributed by atoms with Crippen molar-refractivity contribution >= 4 is 11.9 Å². The maximum atomic E-state index is 11.3. The van der Waals surface area contributed by atoms with Crippen LogP contribution in [0.2, 0.25) is 0 Å². The van der Waals surface area contributed by atoms with Crippen LogP contribution in [0.3, 0.4) is 0 Å². The van der Waals surface area contributed by atoms with Crippen LogP contribution in [0.25, 0.3) is 0 Å². The van der Waals surface area contributed by atoms with Gasteiger partial charge in [0.15, 0.2) is 0 Å². The number of hydrogen-bond donors (Lipinski definition) is 2. The maximum absolute atomic E-state index is 11.3. The van der Waals surface area contributed by atoms with Gasteiger partial charge in [0.2, 0.25) is 5.91 Å². The number of rotatable bonds is 8. The van der Waals surface area contributed by atoms with Crippen LogP contribution in [-0.2, 0) is 14.3 Å². The highest BCUT2D eigenvalue weighted by Crippen LogP contribution is 2.41. The third-order valence-electron chi connectivity index (χ3n) is 4.06. The fraction of sp³-hybridized carbons (Fsp3) is 0.867. The summed E-state index contributed by atoms with van der Waals surface area (Å²) in [6.45, 7) is 10.8. The quantitative estimate of drug-likeness (QED) is 0.528. The lowest BCUT2D eigenvalue weighted by molar-refractivity contribution is -0.144. The SMILES string of the molecule is CC(C)(C)C(C)(C)CCCCOC(=O)CNC(=O)CO. The van der Waals surface area contributed by atoms with Crippen molar-refractivity contribution in [1.82, 2.24) is 5.32 Å². The number of hydrogen-bond acceptors (Lipinski definition) is 4. The molecule has 0 aliphatic heterocycles. The summed E-state index contributed by atoms with van der Waals surface area (Å²) in [7, 11) is 0. The summed E-state index contributed by atoms with van der Waals surface area (Å²) in [4.78, 5) is 22.0. The van der Waals surface area contributed by atoms with E-state index >= 15 is 0 Å². The monoisotopic (exact) mass is 287 g/mol. The van der Waals surface area contributed by atoms with Crippen molar-refractivity contribution in [3.05, 3.63) is 0 Å². The summed E-state index contributed by atoms with van der Waals surface area (Å²) in [6, 6.07) is 0. The molecule has 0 atom stereocenters. The van der Waals surface area contributed by atoms with E-state index < -0.39 is 18.5 Å². The number of carbonyl (C=O) groups is 2. The number of nitrogens with one attached hydrogen (secondary N) is 1. The number of aliphatic hydroxyl groups excluding tert-OH is 1. The smallest absolute Gasteiger partial charge is 0.325 e. The maximum Gasteiger partial charge on any atom is 0.325 e. The second-order valence-corrected chi connectivity index (χ2v) is 6.75. The zero-order chi connectivity index (χ0) is 15.8. The van der Waals surface area contributed by atoms with E-state index in [4.69, 9.17) is 9.84 Å². The molecule has 0 spiro atoms. The molecule has 20 heavy (non-hydrogen) atoms. The Labute approximate surface area is 122 Å². The zero-order valence-electron chi connectivity index (χ0n) is 13.4. The lowest BCUT2D eigenvalue weighted by atomic mass is 9.67. The van der Waals surface area contributed by atoms with Crippen LogP contribution in [0.4, 0.5) is 0 Å². The molecule has 0 aliphatic rings. The molecule has 0 bridgehead atoms. The number of ether oxygens (including phenoxy) is 1. The Morgan fingerprint density at radius 2 is 1.70 bits per heavy atom. The molecule has 0 aliphatic carbocycles. The summed E-state index contributed by atoms with van der Waals surface area (Å²) in [6.07, 6.45) is 2.90. The molecule has 0 aromatic carbocycles. The minimum Gasteiger partial charge on any atom is -0.464 e. The van der Waals surface area contributed by atoms with Crippen molar-refractivity contribution in [3.63, 3.8) is 0 Å². The van der Waals surface area contributed by atoms with Crippen LogP contribution >= 0.6 is 0 Å². The normalized spacial score (nSPS) is 12.1. The van der Waals surface area contributed by atoms with Gasteiger partial charge in [-0.15, -0.1) is 0 Å². The summed E-state index contributed by atoms with van der Waals surface area (Å²) < 4.78 is 5.00. The predicted molar refractivity (Wildman–Crippen MR) is 78.1 cm³/mol. The van der Waals surface area contributed by atoms with Gasteiger partial charge in [0.1, 0.15) is 13.2 Å². The molecule has 118 valence electrons. The van der Waals surface area contributed by atoms with Gasteiger partial charge in [-0.2, -0.15) is 0 Å². The number of unbranched alkanes of at least 4 members (excludes halogenated alkanes) is 1. The average Bonchev–Trinajstić information content (AvgIpc) is 2.33. The number of carbonyl (C=O) groups excluding carboxylic acids is 2. The van der Waals surface area contributed by atoms with Crippen molar-refractivity contribution in [2.75, 3.05) is 19.8 Å². The first-order valence-corrected chi connectivity index (χ1v) is 7.13. The van der Waals surface area contributed by atoms with Crippen LogP contribution in [0.5, 0.6) is 0 Å². The molecular weight excluding hydrogens is 258 g/mol. The molecule has 0 rings (SSSR count). The molecule has 5 heteroatoms. The first-order valence-electron chi connectivity index (χ1n) is 7.13. The first-order chi connectivity index (χ1) is 9.10. The summed E-state index contributed by atoms with van der Waals surface area (Å²) in [5, 5.41) is 10.7. The van der Waals surface area contributed by atoms with Gasteiger partial charge in [-0.3, -0.25) is 9.59 Å². The van der Waals surface area contributed by atoms with Gasteiger partial charge in [0, 0.05) is 0 Å². The number of esters is 1. The number of amides is 1. The lowest BCUT2D eigenvalue weighted by Gasteiger charge is -2.39. The second kappa shape index (κ2) is 8.25. The first kappa shape index (κ1) is 18.9. The third-order valence-corrected chi connectivity index (χ3v) is 4.06. The van der Waals surface area contributed by atoms with Crippen LogP contribution in [0, 0.1) is 10.8 Å². The Kier molecular flexibility index (Phi) is 7.79. The second-order valence-electron chi connectivity index (χ2n) is 6.75. The van der Waals surface area contributed by atoms with Gasteiger partial charge in [-0.1, -0.05) is 34.6 Å². The molecule has 0 unspecified atom stereocenters. The highest BCUT2D eigenvalue weighted by atomic mass is 16.5. The largest absolute Gasteiger partial charge is 0.464 e. The summed E-state index contributed by atoms with van der Waals surface area (Å²) in [5.74, 6) is -1.05. The minimum absolute atomic E-state index is 0.188. The molecule has 0 saturated carbocycles. The third kappa shape index (κ3) is 7.48. The van der Waals surface area contributed by atoms with E-state index in [9.17, 15) is 9.59 Å². The van der Waals surface area contributed by atoms with Gasteiger partial charge in [-0.05, 0) is 30.1 Å². The lowest BCUT2D eigenvalue weighted by Crippen LogP contribution is -2.32.